The van der Waals surface area contributed by atoms with E-state index >= 15 is 0 Å². The van der Waals surface area contributed by atoms with Gasteiger partial charge in [0, 0.05) is 26.1 Å². The van der Waals surface area contributed by atoms with Crippen LogP contribution in [-0.2, 0) is 22.4 Å². The Morgan fingerprint density at radius 1 is 1.25 bits per heavy atom. The normalized spacial score (nSPS) is 28.0. The molecule has 2 fully saturated rings. The molecule has 0 spiro atoms. The number of hydrogen-bond donors (Lipinski definition) is 1. The SMILES string of the molecule is O=S1(=O)CC[C@H]2CN(CC(O)Cc3ccccc3C(F)(F)F)C[C@H]21. The van der Waals surface area contributed by atoms with Crippen LogP contribution in [0.5, 0.6) is 0 Å². The Labute approximate surface area is 139 Å². The van der Waals surface area contributed by atoms with E-state index in [1.165, 1.54) is 18.2 Å². The summed E-state index contributed by atoms with van der Waals surface area (Å²) in [5.41, 5.74) is -0.672. The van der Waals surface area contributed by atoms with Crippen molar-refractivity contribution in [3.8, 4) is 0 Å². The van der Waals surface area contributed by atoms with E-state index in [-0.39, 0.29) is 35.4 Å². The molecule has 0 amide bonds. The number of halogens is 3. The van der Waals surface area contributed by atoms with Crippen LogP contribution in [0.4, 0.5) is 13.2 Å². The standard InChI is InChI=1S/C16H20F3NO3S/c17-16(18,19)14-4-2-1-3-11(14)7-13(21)9-20-8-12-5-6-24(22,23)15(12)10-20/h1-4,12-13,15,21H,5-10H2/t12-,13?,15+/m0/s1. The molecule has 0 radical (unpaired) electrons. The van der Waals surface area contributed by atoms with Gasteiger partial charge in [-0.1, -0.05) is 18.2 Å². The van der Waals surface area contributed by atoms with E-state index in [2.05, 4.69) is 0 Å². The number of hydrogen-bond acceptors (Lipinski definition) is 4. The molecule has 1 unspecified atom stereocenters. The maximum Gasteiger partial charge on any atom is 0.416 e. The molecule has 8 heteroatoms. The van der Waals surface area contributed by atoms with Crippen molar-refractivity contribution < 1.29 is 26.7 Å². The monoisotopic (exact) mass is 363 g/mol. The van der Waals surface area contributed by atoms with Gasteiger partial charge in [0.15, 0.2) is 9.84 Å². The first-order valence-electron chi connectivity index (χ1n) is 7.94. The molecule has 2 aliphatic heterocycles. The van der Waals surface area contributed by atoms with Gasteiger partial charge in [0.1, 0.15) is 0 Å². The lowest BCUT2D eigenvalue weighted by atomic mass is 10.0. The summed E-state index contributed by atoms with van der Waals surface area (Å²) in [7, 11) is -3.05. The zero-order chi connectivity index (χ0) is 17.5. The van der Waals surface area contributed by atoms with Gasteiger partial charge >= 0.3 is 6.18 Å². The van der Waals surface area contributed by atoms with Crippen molar-refractivity contribution in [2.75, 3.05) is 25.4 Å². The Morgan fingerprint density at radius 2 is 1.96 bits per heavy atom. The molecule has 3 rings (SSSR count). The summed E-state index contributed by atoms with van der Waals surface area (Å²) < 4.78 is 62.8. The van der Waals surface area contributed by atoms with Gasteiger partial charge in [-0.25, -0.2) is 8.42 Å². The predicted molar refractivity (Wildman–Crippen MR) is 83.3 cm³/mol. The first kappa shape index (κ1) is 17.7. The van der Waals surface area contributed by atoms with Gasteiger partial charge in [0.05, 0.1) is 22.7 Å². The lowest BCUT2D eigenvalue weighted by molar-refractivity contribution is -0.138. The van der Waals surface area contributed by atoms with Crippen molar-refractivity contribution in [1.29, 1.82) is 0 Å². The third kappa shape index (κ3) is 3.60. The molecular formula is C16H20F3NO3S. The van der Waals surface area contributed by atoms with Crippen molar-refractivity contribution in [2.45, 2.75) is 30.4 Å². The molecule has 2 saturated heterocycles. The lowest BCUT2D eigenvalue weighted by Crippen LogP contribution is -2.34. The van der Waals surface area contributed by atoms with Crippen LogP contribution in [0.15, 0.2) is 24.3 Å². The molecule has 134 valence electrons. The Hall–Kier alpha value is -1.12. The molecule has 0 saturated carbocycles. The topological polar surface area (TPSA) is 57.6 Å². The Bertz CT molecular complexity index is 705. The van der Waals surface area contributed by atoms with Gasteiger partial charge in [-0.2, -0.15) is 13.2 Å². The van der Waals surface area contributed by atoms with Crippen molar-refractivity contribution in [3.05, 3.63) is 35.4 Å². The molecule has 1 aromatic carbocycles. The molecule has 2 heterocycles. The van der Waals surface area contributed by atoms with E-state index in [4.69, 9.17) is 0 Å². The number of alkyl halides is 3. The largest absolute Gasteiger partial charge is 0.416 e. The van der Waals surface area contributed by atoms with Crippen molar-refractivity contribution >= 4 is 9.84 Å². The third-order valence-electron chi connectivity index (χ3n) is 4.94. The number of benzene rings is 1. The molecular weight excluding hydrogens is 343 g/mol. The summed E-state index contributed by atoms with van der Waals surface area (Å²) in [6.07, 6.45) is -4.88. The maximum absolute atomic E-state index is 13.0. The van der Waals surface area contributed by atoms with Crippen LogP contribution in [0, 0.1) is 5.92 Å². The van der Waals surface area contributed by atoms with Crippen LogP contribution in [0.1, 0.15) is 17.5 Å². The van der Waals surface area contributed by atoms with Crippen LogP contribution >= 0.6 is 0 Å². The second kappa shape index (κ2) is 6.31. The van der Waals surface area contributed by atoms with Gasteiger partial charge < -0.3 is 5.11 Å². The fraction of sp³-hybridized carbons (Fsp3) is 0.625. The molecule has 0 aliphatic carbocycles. The number of aliphatic hydroxyl groups excluding tert-OH is 1. The van der Waals surface area contributed by atoms with E-state index in [1.807, 2.05) is 4.90 Å². The maximum atomic E-state index is 13.0. The number of sulfone groups is 1. The van der Waals surface area contributed by atoms with Gasteiger partial charge in [-0.05, 0) is 24.0 Å². The summed E-state index contributed by atoms with van der Waals surface area (Å²) in [5, 5.41) is 9.81. The van der Waals surface area contributed by atoms with Gasteiger partial charge in [-0.3, -0.25) is 4.90 Å². The average molecular weight is 363 g/mol. The zero-order valence-electron chi connectivity index (χ0n) is 13.0. The number of aliphatic hydroxyl groups is 1. The van der Waals surface area contributed by atoms with Gasteiger partial charge in [0.25, 0.3) is 0 Å². The first-order chi connectivity index (χ1) is 11.2. The summed E-state index contributed by atoms with van der Waals surface area (Å²) in [4.78, 5) is 1.85. The second-order valence-corrected chi connectivity index (χ2v) is 9.03. The van der Waals surface area contributed by atoms with E-state index in [9.17, 15) is 26.7 Å². The smallest absolute Gasteiger partial charge is 0.391 e. The number of β-amino-alcohol motifs (C(OH)–C–C–N with tert-alkyl or cyclic N) is 1. The Balaban J connectivity index is 1.63. The quantitative estimate of drug-likeness (QED) is 0.885. The fourth-order valence-electron chi connectivity index (χ4n) is 3.82. The summed E-state index contributed by atoms with van der Waals surface area (Å²) in [6, 6.07) is 5.22. The zero-order valence-corrected chi connectivity index (χ0v) is 13.9. The first-order valence-corrected chi connectivity index (χ1v) is 9.65. The van der Waals surface area contributed by atoms with Crippen molar-refractivity contribution in [3.63, 3.8) is 0 Å². The van der Waals surface area contributed by atoms with Gasteiger partial charge in [-0.15, -0.1) is 0 Å². The van der Waals surface area contributed by atoms with Crippen molar-refractivity contribution in [2.24, 2.45) is 5.92 Å². The highest BCUT2D eigenvalue weighted by atomic mass is 32.2. The fourth-order valence-corrected chi connectivity index (χ4v) is 6.00. The number of fused-ring (bicyclic) bond motifs is 1. The summed E-state index contributed by atoms with van der Waals surface area (Å²) in [5.74, 6) is 0.308. The number of likely N-dealkylation sites (tertiary alicyclic amines) is 1. The van der Waals surface area contributed by atoms with E-state index < -0.39 is 27.7 Å². The summed E-state index contributed by atoms with van der Waals surface area (Å²) >= 11 is 0. The average Bonchev–Trinajstić information content (AvgIpc) is 2.99. The molecule has 1 aromatic rings. The third-order valence-corrected chi connectivity index (χ3v) is 7.20. The lowest BCUT2D eigenvalue weighted by Gasteiger charge is -2.22. The minimum atomic E-state index is -4.45. The van der Waals surface area contributed by atoms with Crippen molar-refractivity contribution in [1.82, 2.24) is 4.90 Å². The van der Waals surface area contributed by atoms with Crippen LogP contribution in [0.25, 0.3) is 0 Å². The number of nitrogens with zero attached hydrogens (tertiary/aromatic N) is 1. The Morgan fingerprint density at radius 3 is 2.62 bits per heavy atom. The van der Waals surface area contributed by atoms with Crippen LogP contribution in [0.2, 0.25) is 0 Å². The molecule has 3 atom stereocenters. The molecule has 0 aromatic heterocycles. The summed E-state index contributed by atoms with van der Waals surface area (Å²) in [6.45, 7) is 1.14. The molecule has 24 heavy (non-hydrogen) atoms. The molecule has 2 aliphatic rings. The van der Waals surface area contributed by atoms with Gasteiger partial charge in [0.2, 0.25) is 0 Å². The highest BCUT2D eigenvalue weighted by Crippen LogP contribution is 2.34. The van der Waals surface area contributed by atoms with E-state index in [1.54, 1.807) is 0 Å². The predicted octanol–water partition coefficient (Wildman–Crippen LogP) is 1.73. The molecule has 1 N–H and O–H groups in total. The van der Waals surface area contributed by atoms with E-state index in [0.717, 1.165) is 6.07 Å². The van der Waals surface area contributed by atoms with Crippen LogP contribution in [-0.4, -0.2) is 55.2 Å². The second-order valence-electron chi connectivity index (χ2n) is 6.69. The van der Waals surface area contributed by atoms with E-state index in [0.29, 0.717) is 19.5 Å². The minimum absolute atomic E-state index is 0.0597. The highest BCUT2D eigenvalue weighted by Gasteiger charge is 2.46. The van der Waals surface area contributed by atoms with Crippen LogP contribution < -0.4 is 0 Å². The van der Waals surface area contributed by atoms with Crippen LogP contribution in [0.3, 0.4) is 0 Å². The number of rotatable bonds is 4. The molecule has 4 nitrogen and oxygen atoms in total. The molecule has 0 bridgehead atoms. The highest BCUT2D eigenvalue weighted by molar-refractivity contribution is 7.92. The minimum Gasteiger partial charge on any atom is -0.391 e. The Kier molecular flexibility index (Phi) is 4.65.